The van der Waals surface area contributed by atoms with Crippen LogP contribution >= 0.6 is 0 Å². The number of phenols is 1. The lowest BCUT2D eigenvalue weighted by atomic mass is 10.0. The van der Waals surface area contributed by atoms with Crippen molar-refractivity contribution in [2.45, 2.75) is 25.8 Å². The van der Waals surface area contributed by atoms with Crippen LogP contribution in [0.2, 0.25) is 0 Å². The summed E-state index contributed by atoms with van der Waals surface area (Å²) >= 11 is 0. The molecule has 0 heterocycles. The fourth-order valence-corrected chi connectivity index (χ4v) is 2.39. The summed E-state index contributed by atoms with van der Waals surface area (Å²) in [4.78, 5) is 11.6. The van der Waals surface area contributed by atoms with Crippen molar-refractivity contribution in [2.75, 3.05) is 5.32 Å². The summed E-state index contributed by atoms with van der Waals surface area (Å²) in [5.41, 5.74) is 2.49. The van der Waals surface area contributed by atoms with E-state index in [-0.39, 0.29) is 5.75 Å². The zero-order chi connectivity index (χ0) is 16.8. The van der Waals surface area contributed by atoms with Crippen molar-refractivity contribution in [1.82, 2.24) is 0 Å². The number of carboxylic acid groups (broad SMARTS) is 1. The van der Waals surface area contributed by atoms with Gasteiger partial charge in [-0.2, -0.15) is 5.26 Å². The Morgan fingerprint density at radius 3 is 2.52 bits per heavy atom. The summed E-state index contributed by atoms with van der Waals surface area (Å²) in [6.45, 7) is 2.02. The van der Waals surface area contributed by atoms with Crippen LogP contribution in [-0.2, 0) is 11.2 Å². The number of rotatable bonds is 6. The zero-order valence-corrected chi connectivity index (χ0v) is 12.8. The van der Waals surface area contributed by atoms with Crippen LogP contribution in [0, 0.1) is 11.3 Å². The molecule has 0 amide bonds. The number of aromatic hydroxyl groups is 1. The van der Waals surface area contributed by atoms with E-state index in [0.29, 0.717) is 16.8 Å². The van der Waals surface area contributed by atoms with Gasteiger partial charge < -0.3 is 15.5 Å². The Hall–Kier alpha value is -3.00. The molecule has 0 saturated heterocycles. The molecule has 0 aliphatic carbocycles. The van der Waals surface area contributed by atoms with E-state index in [1.54, 1.807) is 36.4 Å². The molecule has 1 unspecified atom stereocenters. The molecule has 1 atom stereocenters. The van der Waals surface area contributed by atoms with E-state index in [0.717, 1.165) is 18.4 Å². The molecule has 3 N–H and O–H groups in total. The summed E-state index contributed by atoms with van der Waals surface area (Å²) in [6.07, 6.45) is 1.67. The lowest BCUT2D eigenvalue weighted by Crippen LogP contribution is -2.20. The lowest BCUT2D eigenvalue weighted by Gasteiger charge is -2.17. The van der Waals surface area contributed by atoms with Crippen molar-refractivity contribution in [3.8, 4) is 11.8 Å². The first-order valence-corrected chi connectivity index (χ1v) is 7.36. The van der Waals surface area contributed by atoms with Crippen LogP contribution in [0.4, 0.5) is 5.69 Å². The average Bonchev–Trinajstić information content (AvgIpc) is 2.52. The predicted molar refractivity (Wildman–Crippen MR) is 87.3 cm³/mol. The van der Waals surface area contributed by atoms with Crippen LogP contribution in [0.25, 0.3) is 0 Å². The second-order valence-corrected chi connectivity index (χ2v) is 5.29. The normalized spacial score (nSPS) is 11.5. The fraction of sp³-hybridized carbons (Fsp3) is 0.222. The number of nitrogens with one attached hydrogen (secondary N) is 1. The van der Waals surface area contributed by atoms with Gasteiger partial charge in [0.25, 0.3) is 0 Å². The summed E-state index contributed by atoms with van der Waals surface area (Å²) in [7, 11) is 0. The first-order chi connectivity index (χ1) is 11.0. The largest absolute Gasteiger partial charge is 0.508 e. The van der Waals surface area contributed by atoms with Gasteiger partial charge in [-0.1, -0.05) is 19.4 Å². The van der Waals surface area contributed by atoms with Crippen molar-refractivity contribution in [1.29, 1.82) is 5.26 Å². The molecular weight excluding hydrogens is 292 g/mol. The molecule has 0 fully saturated rings. The van der Waals surface area contributed by atoms with Crippen LogP contribution in [0.15, 0.2) is 42.5 Å². The van der Waals surface area contributed by atoms with Crippen LogP contribution in [0.1, 0.15) is 36.1 Å². The Balaban J connectivity index is 2.31. The third-order valence-electron chi connectivity index (χ3n) is 3.44. The molecular formula is C18H18N2O3. The van der Waals surface area contributed by atoms with Gasteiger partial charge >= 0.3 is 5.97 Å². The van der Waals surface area contributed by atoms with Crippen molar-refractivity contribution in [3.05, 3.63) is 59.2 Å². The Morgan fingerprint density at radius 2 is 1.96 bits per heavy atom. The van der Waals surface area contributed by atoms with Gasteiger partial charge in [0.15, 0.2) is 6.04 Å². The van der Waals surface area contributed by atoms with Gasteiger partial charge in [-0.25, -0.2) is 4.79 Å². The smallest absolute Gasteiger partial charge is 0.330 e. The van der Waals surface area contributed by atoms with Gasteiger partial charge in [-0.15, -0.1) is 0 Å². The average molecular weight is 310 g/mol. The molecule has 0 aliphatic rings. The SMILES string of the molecule is CCCc1cc(O)cc(C(Nc2ccc(C#N)cc2)C(=O)O)c1. The maximum Gasteiger partial charge on any atom is 0.330 e. The third-order valence-corrected chi connectivity index (χ3v) is 3.44. The minimum atomic E-state index is -1.04. The summed E-state index contributed by atoms with van der Waals surface area (Å²) in [5, 5.41) is 31.1. The molecule has 0 saturated carbocycles. The molecule has 2 rings (SSSR count). The number of hydrogen-bond acceptors (Lipinski definition) is 4. The van der Waals surface area contributed by atoms with E-state index in [4.69, 9.17) is 5.26 Å². The van der Waals surface area contributed by atoms with Gasteiger partial charge in [0, 0.05) is 5.69 Å². The second kappa shape index (κ2) is 7.32. The zero-order valence-electron chi connectivity index (χ0n) is 12.8. The minimum absolute atomic E-state index is 0.0545. The maximum atomic E-state index is 11.6. The number of carboxylic acids is 1. The molecule has 5 nitrogen and oxygen atoms in total. The Morgan fingerprint density at radius 1 is 1.26 bits per heavy atom. The number of anilines is 1. The molecule has 0 spiro atoms. The summed E-state index contributed by atoms with van der Waals surface area (Å²) in [6, 6.07) is 12.5. The van der Waals surface area contributed by atoms with Crippen LogP contribution in [0.3, 0.4) is 0 Å². The van der Waals surface area contributed by atoms with Crippen molar-refractivity contribution in [2.24, 2.45) is 0 Å². The number of nitrogens with zero attached hydrogens (tertiary/aromatic N) is 1. The lowest BCUT2D eigenvalue weighted by molar-refractivity contribution is -0.138. The number of benzene rings is 2. The number of hydrogen-bond donors (Lipinski definition) is 3. The van der Waals surface area contributed by atoms with Gasteiger partial charge in [0.2, 0.25) is 0 Å². The molecule has 0 aromatic heterocycles. The number of aryl methyl sites for hydroxylation is 1. The van der Waals surface area contributed by atoms with Gasteiger partial charge in [0.1, 0.15) is 5.75 Å². The molecule has 0 bridgehead atoms. The monoisotopic (exact) mass is 310 g/mol. The van der Waals surface area contributed by atoms with Crippen molar-refractivity contribution in [3.63, 3.8) is 0 Å². The highest BCUT2D eigenvalue weighted by Gasteiger charge is 2.20. The van der Waals surface area contributed by atoms with E-state index < -0.39 is 12.0 Å². The van der Waals surface area contributed by atoms with Crippen molar-refractivity contribution < 1.29 is 15.0 Å². The molecule has 118 valence electrons. The highest BCUT2D eigenvalue weighted by Crippen LogP contribution is 2.25. The second-order valence-electron chi connectivity index (χ2n) is 5.29. The quantitative estimate of drug-likeness (QED) is 0.759. The standard InChI is InChI=1S/C18H18N2O3/c1-2-3-13-8-14(10-16(21)9-13)17(18(22)23)20-15-6-4-12(11-19)5-7-15/h4-10,17,20-21H,2-3H2,1H3,(H,22,23). The first-order valence-electron chi connectivity index (χ1n) is 7.36. The number of aliphatic carboxylic acids is 1. The number of nitriles is 1. The Bertz CT molecular complexity index is 733. The highest BCUT2D eigenvalue weighted by molar-refractivity contribution is 5.79. The van der Waals surface area contributed by atoms with Crippen LogP contribution in [0.5, 0.6) is 5.75 Å². The van der Waals surface area contributed by atoms with E-state index in [1.807, 2.05) is 13.0 Å². The maximum absolute atomic E-state index is 11.6. The van der Waals surface area contributed by atoms with E-state index in [1.165, 1.54) is 6.07 Å². The molecule has 5 heteroatoms. The van der Waals surface area contributed by atoms with Gasteiger partial charge in [-0.3, -0.25) is 0 Å². The van der Waals surface area contributed by atoms with E-state index >= 15 is 0 Å². The van der Waals surface area contributed by atoms with Crippen LogP contribution in [-0.4, -0.2) is 16.2 Å². The topological polar surface area (TPSA) is 93.4 Å². The number of phenolic OH excluding ortho intramolecular Hbond substituents is 1. The summed E-state index contributed by atoms with van der Waals surface area (Å²) < 4.78 is 0. The first kappa shape index (κ1) is 16.4. The molecule has 2 aromatic rings. The van der Waals surface area contributed by atoms with E-state index in [9.17, 15) is 15.0 Å². The van der Waals surface area contributed by atoms with Gasteiger partial charge in [-0.05, 0) is 53.9 Å². The minimum Gasteiger partial charge on any atom is -0.508 e. The van der Waals surface area contributed by atoms with E-state index in [2.05, 4.69) is 5.32 Å². The molecule has 2 aromatic carbocycles. The highest BCUT2D eigenvalue weighted by atomic mass is 16.4. The molecule has 0 aliphatic heterocycles. The van der Waals surface area contributed by atoms with Gasteiger partial charge in [0.05, 0.1) is 11.6 Å². The molecule has 23 heavy (non-hydrogen) atoms. The Labute approximate surface area is 134 Å². The molecule has 0 radical (unpaired) electrons. The Kier molecular flexibility index (Phi) is 5.21. The predicted octanol–water partition coefficient (Wildman–Crippen LogP) is 3.45. The van der Waals surface area contributed by atoms with Crippen molar-refractivity contribution >= 4 is 11.7 Å². The van der Waals surface area contributed by atoms with Crippen LogP contribution < -0.4 is 5.32 Å². The third kappa shape index (κ3) is 4.24. The summed E-state index contributed by atoms with van der Waals surface area (Å²) in [5.74, 6) is -0.985. The fourth-order valence-electron chi connectivity index (χ4n) is 2.39. The number of carbonyl (C=O) groups is 1.